The molecule has 21 heavy (non-hydrogen) atoms. The Bertz CT molecular complexity index is 503. The van der Waals surface area contributed by atoms with Crippen molar-refractivity contribution >= 4 is 5.69 Å². The number of hydrogen-bond donors (Lipinski definition) is 1. The maximum atomic E-state index is 13.6. The molecule has 2 saturated carbocycles. The fourth-order valence-corrected chi connectivity index (χ4v) is 3.31. The summed E-state index contributed by atoms with van der Waals surface area (Å²) in [5.41, 5.74) is 2.33. The molecule has 3 fully saturated rings. The SMILES string of the molecule is Fc1ccc(N2CCN(C3CC3)CC2)c(CNC2CC2)c1. The minimum absolute atomic E-state index is 0.122. The average molecular weight is 289 g/mol. The summed E-state index contributed by atoms with van der Waals surface area (Å²) in [4.78, 5) is 5.05. The van der Waals surface area contributed by atoms with E-state index in [1.165, 1.54) is 31.4 Å². The summed E-state index contributed by atoms with van der Waals surface area (Å²) in [6, 6.07) is 6.79. The molecule has 0 bridgehead atoms. The van der Waals surface area contributed by atoms with Crippen LogP contribution < -0.4 is 10.2 Å². The van der Waals surface area contributed by atoms with Gasteiger partial charge in [-0.1, -0.05) is 0 Å². The third-order valence-electron chi connectivity index (χ3n) is 4.92. The van der Waals surface area contributed by atoms with Crippen molar-refractivity contribution in [1.82, 2.24) is 10.2 Å². The lowest BCUT2D eigenvalue weighted by Gasteiger charge is -2.37. The first-order valence-electron chi connectivity index (χ1n) is 8.30. The molecule has 3 nitrogen and oxygen atoms in total. The van der Waals surface area contributed by atoms with Crippen molar-refractivity contribution < 1.29 is 4.39 Å². The summed E-state index contributed by atoms with van der Waals surface area (Å²) >= 11 is 0. The second kappa shape index (κ2) is 5.58. The van der Waals surface area contributed by atoms with Crippen LogP contribution >= 0.6 is 0 Å². The van der Waals surface area contributed by atoms with Gasteiger partial charge in [0.05, 0.1) is 0 Å². The van der Waals surface area contributed by atoms with Crippen molar-refractivity contribution in [3.8, 4) is 0 Å². The van der Waals surface area contributed by atoms with E-state index in [-0.39, 0.29) is 5.82 Å². The predicted molar refractivity (Wildman–Crippen MR) is 83.1 cm³/mol. The Labute approximate surface area is 126 Å². The van der Waals surface area contributed by atoms with E-state index in [4.69, 9.17) is 0 Å². The number of rotatable bonds is 5. The van der Waals surface area contributed by atoms with Crippen LogP contribution in [0.1, 0.15) is 31.2 Å². The molecule has 1 heterocycles. The molecule has 0 unspecified atom stereocenters. The molecule has 0 atom stereocenters. The molecule has 1 aromatic carbocycles. The van der Waals surface area contributed by atoms with Gasteiger partial charge in [-0.05, 0) is 49.4 Å². The van der Waals surface area contributed by atoms with Gasteiger partial charge in [0.15, 0.2) is 0 Å². The van der Waals surface area contributed by atoms with Crippen LogP contribution in [0.5, 0.6) is 0 Å². The van der Waals surface area contributed by atoms with Gasteiger partial charge in [0.1, 0.15) is 5.82 Å². The number of halogens is 1. The zero-order valence-corrected chi connectivity index (χ0v) is 12.5. The van der Waals surface area contributed by atoms with Crippen molar-refractivity contribution in [2.45, 2.75) is 44.3 Å². The molecule has 0 spiro atoms. The van der Waals surface area contributed by atoms with Gasteiger partial charge in [-0.15, -0.1) is 0 Å². The molecule has 3 aliphatic rings. The Balaban J connectivity index is 1.45. The summed E-state index contributed by atoms with van der Waals surface area (Å²) in [6.07, 6.45) is 5.30. The summed E-state index contributed by atoms with van der Waals surface area (Å²) in [6.45, 7) is 5.23. The van der Waals surface area contributed by atoms with Crippen LogP contribution in [-0.2, 0) is 6.54 Å². The summed E-state index contributed by atoms with van der Waals surface area (Å²) in [7, 11) is 0. The van der Waals surface area contributed by atoms with Crippen molar-refractivity contribution in [1.29, 1.82) is 0 Å². The van der Waals surface area contributed by atoms with E-state index in [1.54, 1.807) is 12.1 Å². The van der Waals surface area contributed by atoms with Gasteiger partial charge in [-0.25, -0.2) is 4.39 Å². The van der Waals surface area contributed by atoms with Gasteiger partial charge < -0.3 is 10.2 Å². The Morgan fingerprint density at radius 3 is 2.48 bits per heavy atom. The van der Waals surface area contributed by atoms with Crippen LogP contribution in [0.2, 0.25) is 0 Å². The summed E-state index contributed by atoms with van der Waals surface area (Å²) in [5, 5.41) is 3.51. The van der Waals surface area contributed by atoms with Crippen LogP contribution in [-0.4, -0.2) is 43.2 Å². The molecule has 0 aromatic heterocycles. The summed E-state index contributed by atoms with van der Waals surface area (Å²) < 4.78 is 13.6. The van der Waals surface area contributed by atoms with Crippen LogP contribution in [0.3, 0.4) is 0 Å². The van der Waals surface area contributed by atoms with Crippen molar-refractivity contribution in [2.75, 3.05) is 31.1 Å². The van der Waals surface area contributed by atoms with Gasteiger partial charge in [0, 0.05) is 50.5 Å². The quantitative estimate of drug-likeness (QED) is 0.898. The number of piperazine rings is 1. The molecule has 114 valence electrons. The zero-order chi connectivity index (χ0) is 14.2. The van der Waals surface area contributed by atoms with E-state index < -0.39 is 0 Å². The molecule has 2 aliphatic carbocycles. The standard InChI is InChI=1S/C17H24FN3/c18-14-1-6-17(13(11-14)12-19-15-2-3-15)21-9-7-20(8-10-21)16-4-5-16/h1,6,11,15-16,19H,2-5,7-10,12H2. The van der Waals surface area contributed by atoms with Gasteiger partial charge >= 0.3 is 0 Å². The van der Waals surface area contributed by atoms with Crippen LogP contribution in [0.25, 0.3) is 0 Å². The van der Waals surface area contributed by atoms with Gasteiger partial charge in [-0.3, -0.25) is 4.90 Å². The lowest BCUT2D eigenvalue weighted by atomic mass is 10.1. The highest BCUT2D eigenvalue weighted by molar-refractivity contribution is 5.54. The van der Waals surface area contributed by atoms with E-state index in [2.05, 4.69) is 15.1 Å². The fourth-order valence-electron chi connectivity index (χ4n) is 3.31. The van der Waals surface area contributed by atoms with Gasteiger partial charge in [-0.2, -0.15) is 0 Å². The Hall–Kier alpha value is -1.13. The first kappa shape index (κ1) is 13.5. The maximum Gasteiger partial charge on any atom is 0.123 e. The van der Waals surface area contributed by atoms with E-state index >= 15 is 0 Å². The fraction of sp³-hybridized carbons (Fsp3) is 0.647. The second-order valence-corrected chi connectivity index (χ2v) is 6.68. The molecular weight excluding hydrogens is 265 g/mol. The van der Waals surface area contributed by atoms with Crippen LogP contribution in [0.4, 0.5) is 10.1 Å². The lowest BCUT2D eigenvalue weighted by molar-refractivity contribution is 0.248. The van der Waals surface area contributed by atoms with E-state index in [0.29, 0.717) is 6.04 Å². The molecular formula is C17H24FN3. The van der Waals surface area contributed by atoms with Crippen molar-refractivity contribution in [3.05, 3.63) is 29.6 Å². The third kappa shape index (κ3) is 3.22. The van der Waals surface area contributed by atoms with Crippen molar-refractivity contribution in [3.63, 3.8) is 0 Å². The topological polar surface area (TPSA) is 18.5 Å². The third-order valence-corrected chi connectivity index (χ3v) is 4.92. The molecule has 1 N–H and O–H groups in total. The maximum absolute atomic E-state index is 13.6. The number of nitrogens with zero attached hydrogens (tertiary/aromatic N) is 2. The number of nitrogens with one attached hydrogen (secondary N) is 1. The molecule has 1 aliphatic heterocycles. The van der Waals surface area contributed by atoms with Gasteiger partial charge in [0.25, 0.3) is 0 Å². The highest BCUT2D eigenvalue weighted by Crippen LogP contribution is 2.30. The Kier molecular flexibility index (Phi) is 3.59. The Morgan fingerprint density at radius 1 is 1.05 bits per heavy atom. The number of benzene rings is 1. The highest BCUT2D eigenvalue weighted by Gasteiger charge is 2.31. The minimum atomic E-state index is -0.122. The van der Waals surface area contributed by atoms with Crippen LogP contribution in [0, 0.1) is 5.82 Å². The minimum Gasteiger partial charge on any atom is -0.369 e. The monoisotopic (exact) mass is 289 g/mol. The predicted octanol–water partition coefficient (Wildman–Crippen LogP) is 2.36. The van der Waals surface area contributed by atoms with Crippen molar-refractivity contribution in [2.24, 2.45) is 0 Å². The first-order valence-corrected chi connectivity index (χ1v) is 8.30. The lowest BCUT2D eigenvalue weighted by Crippen LogP contribution is -2.47. The average Bonchev–Trinajstić information content (AvgIpc) is 3.39. The summed E-state index contributed by atoms with van der Waals surface area (Å²) in [5.74, 6) is -0.122. The molecule has 4 heteroatoms. The smallest absolute Gasteiger partial charge is 0.123 e. The normalized spacial score (nSPS) is 23.6. The molecule has 0 radical (unpaired) electrons. The van der Waals surface area contributed by atoms with Crippen LogP contribution in [0.15, 0.2) is 18.2 Å². The zero-order valence-electron chi connectivity index (χ0n) is 12.5. The Morgan fingerprint density at radius 2 is 1.81 bits per heavy atom. The van der Waals surface area contributed by atoms with Gasteiger partial charge in [0.2, 0.25) is 0 Å². The van der Waals surface area contributed by atoms with E-state index in [0.717, 1.165) is 44.3 Å². The molecule has 4 rings (SSSR count). The first-order chi connectivity index (χ1) is 10.3. The molecule has 1 saturated heterocycles. The molecule has 1 aromatic rings. The molecule has 0 amide bonds. The largest absolute Gasteiger partial charge is 0.369 e. The van der Waals surface area contributed by atoms with E-state index in [1.807, 2.05) is 6.07 Å². The number of hydrogen-bond acceptors (Lipinski definition) is 3. The number of anilines is 1. The second-order valence-electron chi connectivity index (χ2n) is 6.68. The highest BCUT2D eigenvalue weighted by atomic mass is 19.1. The van der Waals surface area contributed by atoms with E-state index in [9.17, 15) is 4.39 Å².